The summed E-state index contributed by atoms with van der Waals surface area (Å²) in [6.07, 6.45) is 1.30. The molecule has 1 aromatic carbocycles. The fourth-order valence-corrected chi connectivity index (χ4v) is 2.22. The fourth-order valence-electron chi connectivity index (χ4n) is 2.22. The Hall–Kier alpha value is -1.06. The van der Waals surface area contributed by atoms with Crippen molar-refractivity contribution in [1.29, 1.82) is 0 Å². The molecule has 0 aliphatic rings. The first kappa shape index (κ1) is 18.9. The second-order valence-electron chi connectivity index (χ2n) is 5.89. The van der Waals surface area contributed by atoms with Crippen molar-refractivity contribution in [2.24, 2.45) is 5.73 Å². The lowest BCUT2D eigenvalue weighted by Crippen LogP contribution is -2.38. The molecule has 0 aromatic heterocycles. The van der Waals surface area contributed by atoms with Gasteiger partial charge in [0.1, 0.15) is 0 Å². The lowest BCUT2D eigenvalue weighted by Gasteiger charge is -2.31. The van der Waals surface area contributed by atoms with E-state index in [4.69, 9.17) is 5.73 Å². The molecule has 20 heavy (non-hydrogen) atoms. The van der Waals surface area contributed by atoms with Crippen molar-refractivity contribution < 1.29 is 4.79 Å². The summed E-state index contributed by atoms with van der Waals surface area (Å²) in [5, 5.41) is 0. The van der Waals surface area contributed by atoms with Crippen LogP contribution in [-0.2, 0) is 10.2 Å². The third-order valence-electron chi connectivity index (χ3n) is 3.49. The van der Waals surface area contributed by atoms with Crippen LogP contribution in [0.2, 0.25) is 0 Å². The van der Waals surface area contributed by atoms with E-state index in [1.807, 2.05) is 11.9 Å². The van der Waals surface area contributed by atoms with Crippen LogP contribution in [0.25, 0.3) is 0 Å². The second-order valence-corrected chi connectivity index (χ2v) is 5.89. The van der Waals surface area contributed by atoms with E-state index in [0.717, 1.165) is 13.0 Å². The quantitative estimate of drug-likeness (QED) is 0.878. The predicted octanol–water partition coefficient (Wildman–Crippen LogP) is 2.89. The van der Waals surface area contributed by atoms with Crippen LogP contribution in [0.1, 0.15) is 37.8 Å². The molecular weight excluding hydrogens is 272 g/mol. The Labute approximate surface area is 128 Å². The SMILES string of the molecule is Cc1ccc(C(C)(C)CN(C)C(=O)CCCN)cc1.Cl. The number of rotatable bonds is 6. The van der Waals surface area contributed by atoms with Crippen molar-refractivity contribution >= 4 is 18.3 Å². The van der Waals surface area contributed by atoms with Gasteiger partial charge in [-0.05, 0) is 25.5 Å². The standard InChI is InChI=1S/C16H26N2O.ClH/c1-13-7-9-14(10-8-13)16(2,3)12-18(4)15(19)6-5-11-17;/h7-10H,5-6,11-12,17H2,1-4H3;1H. The van der Waals surface area contributed by atoms with Gasteiger partial charge in [-0.25, -0.2) is 0 Å². The second kappa shape index (κ2) is 8.28. The molecule has 0 spiro atoms. The number of hydrogen-bond donors (Lipinski definition) is 1. The van der Waals surface area contributed by atoms with Gasteiger partial charge in [0.15, 0.2) is 0 Å². The molecule has 0 saturated heterocycles. The van der Waals surface area contributed by atoms with E-state index in [1.54, 1.807) is 0 Å². The average molecular weight is 299 g/mol. The van der Waals surface area contributed by atoms with E-state index < -0.39 is 0 Å². The van der Waals surface area contributed by atoms with Gasteiger partial charge in [0.05, 0.1) is 0 Å². The zero-order chi connectivity index (χ0) is 14.5. The molecule has 4 heteroatoms. The molecule has 1 amide bonds. The smallest absolute Gasteiger partial charge is 0.222 e. The number of amides is 1. The predicted molar refractivity (Wildman–Crippen MR) is 87.4 cm³/mol. The number of likely N-dealkylation sites (N-methyl/N-ethyl adjacent to an activating group) is 1. The van der Waals surface area contributed by atoms with Gasteiger partial charge in [-0.15, -0.1) is 12.4 Å². The number of aryl methyl sites for hydroxylation is 1. The van der Waals surface area contributed by atoms with E-state index in [9.17, 15) is 4.79 Å². The molecule has 2 N–H and O–H groups in total. The Morgan fingerprint density at radius 1 is 1.25 bits per heavy atom. The maximum Gasteiger partial charge on any atom is 0.222 e. The van der Waals surface area contributed by atoms with Crippen LogP contribution in [0.5, 0.6) is 0 Å². The first-order chi connectivity index (χ1) is 8.86. The van der Waals surface area contributed by atoms with Crippen LogP contribution >= 0.6 is 12.4 Å². The molecule has 114 valence electrons. The minimum absolute atomic E-state index is 0. The highest BCUT2D eigenvalue weighted by Crippen LogP contribution is 2.24. The van der Waals surface area contributed by atoms with Crippen molar-refractivity contribution in [2.45, 2.75) is 39.0 Å². The summed E-state index contributed by atoms with van der Waals surface area (Å²) in [4.78, 5) is 13.8. The van der Waals surface area contributed by atoms with Crippen LogP contribution in [0.15, 0.2) is 24.3 Å². The number of nitrogens with two attached hydrogens (primary N) is 1. The molecule has 0 aliphatic carbocycles. The van der Waals surface area contributed by atoms with Crippen molar-refractivity contribution in [3.63, 3.8) is 0 Å². The van der Waals surface area contributed by atoms with Crippen molar-refractivity contribution in [3.8, 4) is 0 Å². The number of hydrogen-bond acceptors (Lipinski definition) is 2. The zero-order valence-electron chi connectivity index (χ0n) is 13.0. The van der Waals surface area contributed by atoms with Crippen LogP contribution in [-0.4, -0.2) is 30.9 Å². The Kier molecular flexibility index (Phi) is 7.84. The fraction of sp³-hybridized carbons (Fsp3) is 0.562. The Balaban J connectivity index is 0.00000361. The first-order valence-electron chi connectivity index (χ1n) is 6.88. The van der Waals surface area contributed by atoms with Gasteiger partial charge in [0.2, 0.25) is 5.91 Å². The highest BCUT2D eigenvalue weighted by Gasteiger charge is 2.24. The van der Waals surface area contributed by atoms with Crippen molar-refractivity contribution in [1.82, 2.24) is 4.90 Å². The monoisotopic (exact) mass is 298 g/mol. The summed E-state index contributed by atoms with van der Waals surface area (Å²) in [6, 6.07) is 8.53. The van der Waals surface area contributed by atoms with Crippen molar-refractivity contribution in [2.75, 3.05) is 20.1 Å². The van der Waals surface area contributed by atoms with Gasteiger partial charge in [-0.2, -0.15) is 0 Å². The third kappa shape index (κ3) is 5.51. The molecule has 0 saturated carbocycles. The highest BCUT2D eigenvalue weighted by molar-refractivity contribution is 5.85. The summed E-state index contributed by atoms with van der Waals surface area (Å²) in [5.74, 6) is 0.172. The van der Waals surface area contributed by atoms with Gasteiger partial charge in [-0.3, -0.25) is 4.79 Å². The molecule has 0 fully saturated rings. The summed E-state index contributed by atoms with van der Waals surface area (Å²) < 4.78 is 0. The Morgan fingerprint density at radius 3 is 2.30 bits per heavy atom. The van der Waals surface area contributed by atoms with E-state index in [-0.39, 0.29) is 23.7 Å². The molecule has 0 heterocycles. The van der Waals surface area contributed by atoms with Crippen LogP contribution in [0.4, 0.5) is 0 Å². The molecular formula is C16H27ClN2O. The third-order valence-corrected chi connectivity index (χ3v) is 3.49. The first-order valence-corrected chi connectivity index (χ1v) is 6.88. The highest BCUT2D eigenvalue weighted by atomic mass is 35.5. The zero-order valence-corrected chi connectivity index (χ0v) is 13.8. The van der Waals surface area contributed by atoms with Gasteiger partial charge in [0.25, 0.3) is 0 Å². The Morgan fingerprint density at radius 2 is 1.80 bits per heavy atom. The topological polar surface area (TPSA) is 46.3 Å². The number of nitrogens with zero attached hydrogens (tertiary/aromatic N) is 1. The molecule has 0 atom stereocenters. The number of carbonyl (C=O) groups is 1. The number of halogens is 1. The summed E-state index contributed by atoms with van der Waals surface area (Å²) in [7, 11) is 1.87. The molecule has 0 unspecified atom stereocenters. The maximum absolute atomic E-state index is 11.9. The summed E-state index contributed by atoms with van der Waals surface area (Å²) in [5.41, 5.74) is 7.91. The molecule has 0 aliphatic heterocycles. The average Bonchev–Trinajstić information content (AvgIpc) is 2.35. The van der Waals surface area contributed by atoms with Crippen molar-refractivity contribution in [3.05, 3.63) is 35.4 Å². The van der Waals surface area contributed by atoms with Crippen LogP contribution in [0.3, 0.4) is 0 Å². The number of benzene rings is 1. The van der Waals surface area contributed by atoms with E-state index in [0.29, 0.717) is 13.0 Å². The van der Waals surface area contributed by atoms with E-state index >= 15 is 0 Å². The minimum Gasteiger partial charge on any atom is -0.345 e. The van der Waals surface area contributed by atoms with Gasteiger partial charge >= 0.3 is 0 Å². The lowest BCUT2D eigenvalue weighted by atomic mass is 9.84. The van der Waals surface area contributed by atoms with E-state index in [2.05, 4.69) is 45.0 Å². The molecule has 3 nitrogen and oxygen atoms in total. The van der Waals surface area contributed by atoms with Crippen LogP contribution in [0, 0.1) is 6.92 Å². The van der Waals surface area contributed by atoms with Gasteiger partial charge < -0.3 is 10.6 Å². The van der Waals surface area contributed by atoms with E-state index in [1.165, 1.54) is 11.1 Å². The summed E-state index contributed by atoms with van der Waals surface area (Å²) >= 11 is 0. The molecule has 1 aromatic rings. The lowest BCUT2D eigenvalue weighted by molar-refractivity contribution is -0.130. The van der Waals surface area contributed by atoms with Gasteiger partial charge in [-0.1, -0.05) is 43.7 Å². The molecule has 0 radical (unpaired) electrons. The van der Waals surface area contributed by atoms with Crippen LogP contribution < -0.4 is 5.73 Å². The maximum atomic E-state index is 11.9. The van der Waals surface area contributed by atoms with Gasteiger partial charge in [0, 0.05) is 25.4 Å². The molecule has 0 bridgehead atoms. The Bertz CT molecular complexity index is 415. The number of carbonyl (C=O) groups excluding carboxylic acids is 1. The minimum atomic E-state index is -0.0408. The molecule has 1 rings (SSSR count). The normalized spacial score (nSPS) is 10.8. The largest absolute Gasteiger partial charge is 0.345 e. The summed E-state index contributed by atoms with van der Waals surface area (Å²) in [6.45, 7) is 7.72.